The van der Waals surface area contributed by atoms with E-state index in [9.17, 15) is 0 Å². The van der Waals surface area contributed by atoms with Gasteiger partial charge in [0, 0.05) is 40.3 Å². The third-order valence-electron chi connectivity index (χ3n) is 10.6. The van der Waals surface area contributed by atoms with Crippen LogP contribution in [0.4, 0.5) is 22.7 Å². The van der Waals surface area contributed by atoms with E-state index in [-0.39, 0.29) is 0 Å². The van der Waals surface area contributed by atoms with Gasteiger partial charge in [0.25, 0.3) is 0 Å². The molecule has 0 N–H and O–H groups in total. The molecule has 0 saturated heterocycles. The summed E-state index contributed by atoms with van der Waals surface area (Å²) in [7, 11) is 8.23. The summed E-state index contributed by atoms with van der Waals surface area (Å²) in [6, 6.07) is 12.2. The zero-order valence-electron chi connectivity index (χ0n) is 36.3. The van der Waals surface area contributed by atoms with E-state index in [1.165, 1.54) is 167 Å². The first-order chi connectivity index (χ1) is 26.5. The second-order valence-corrected chi connectivity index (χ2v) is 16.2. The van der Waals surface area contributed by atoms with Crippen molar-refractivity contribution in [3.63, 3.8) is 0 Å². The van der Waals surface area contributed by atoms with E-state index in [0.717, 1.165) is 60.3 Å². The predicted octanol–water partition coefficient (Wildman–Crippen LogP) is 16.0. The zero-order chi connectivity index (χ0) is 38.9. The molecule has 0 unspecified atom stereocenters. The molecule has 0 bridgehead atoms. The van der Waals surface area contributed by atoms with Crippen LogP contribution in [0.2, 0.25) is 0 Å². The van der Waals surface area contributed by atoms with Crippen molar-refractivity contribution < 1.29 is 9.47 Å². The Balaban J connectivity index is 1.71. The monoisotopic (exact) mass is 749 g/mol. The van der Waals surface area contributed by atoms with Crippen molar-refractivity contribution >= 4 is 22.7 Å². The van der Waals surface area contributed by atoms with Gasteiger partial charge in [-0.1, -0.05) is 181 Å². The Labute approximate surface area is 334 Å². The fraction of sp³-hybridized carbons (Fsp3) is 0.750. The van der Waals surface area contributed by atoms with E-state index in [4.69, 9.17) is 9.47 Å². The minimum Gasteiger partial charge on any atom is -0.491 e. The third-order valence-corrected chi connectivity index (χ3v) is 10.6. The van der Waals surface area contributed by atoms with Gasteiger partial charge >= 0.3 is 0 Å². The number of nitrogens with zero attached hydrogens (tertiary/aromatic N) is 4. The van der Waals surface area contributed by atoms with Crippen LogP contribution in [-0.2, 0) is 0 Å². The molecule has 6 nitrogen and oxygen atoms in total. The Morgan fingerprint density at radius 1 is 0.370 bits per heavy atom. The molecule has 0 heterocycles. The zero-order valence-corrected chi connectivity index (χ0v) is 36.3. The number of rotatable bonds is 36. The average Bonchev–Trinajstić information content (AvgIpc) is 3.17. The normalized spacial score (nSPS) is 11.4. The fourth-order valence-electron chi connectivity index (χ4n) is 7.17. The summed E-state index contributed by atoms with van der Waals surface area (Å²) in [6.45, 7) is 6.04. The number of unbranched alkanes of at least 4 members (excludes halogenated alkanes) is 26. The standard InChI is InChI=1S/C48H84N4O2/c1-7-9-11-13-15-17-19-21-23-25-27-29-31-33-39-53-47-41-43(35-37-45(47)51(3)4)49-50-44-36-38-46(52(5)6)48(42-44)54-40-34-32-30-28-26-24-22-20-18-16-14-12-10-8-2/h35-38,41-42H,7-34,39-40H2,1-6H3. The molecule has 2 aromatic rings. The van der Waals surface area contributed by atoms with E-state index < -0.39 is 0 Å². The lowest BCUT2D eigenvalue weighted by Crippen LogP contribution is -2.11. The van der Waals surface area contributed by atoms with Crippen molar-refractivity contribution in [2.45, 2.75) is 194 Å². The maximum Gasteiger partial charge on any atom is 0.144 e. The van der Waals surface area contributed by atoms with Gasteiger partial charge in [0.05, 0.1) is 36.0 Å². The van der Waals surface area contributed by atoms with E-state index in [0.29, 0.717) is 0 Å². The quantitative estimate of drug-likeness (QED) is 0.0514. The lowest BCUT2D eigenvalue weighted by molar-refractivity contribution is 0.305. The molecule has 0 amide bonds. The second kappa shape index (κ2) is 32.5. The van der Waals surface area contributed by atoms with Crippen LogP contribution >= 0.6 is 0 Å². The van der Waals surface area contributed by atoms with Crippen molar-refractivity contribution in [1.29, 1.82) is 0 Å². The van der Waals surface area contributed by atoms with Gasteiger partial charge < -0.3 is 19.3 Å². The molecule has 0 aliphatic carbocycles. The Morgan fingerprint density at radius 2 is 0.630 bits per heavy atom. The van der Waals surface area contributed by atoms with Gasteiger partial charge in [-0.3, -0.25) is 0 Å². The number of anilines is 2. The number of benzene rings is 2. The molecule has 6 heteroatoms. The molecular weight excluding hydrogens is 665 g/mol. The summed E-state index contributed by atoms with van der Waals surface area (Å²) in [4.78, 5) is 4.20. The van der Waals surface area contributed by atoms with Crippen molar-refractivity contribution in [1.82, 2.24) is 0 Å². The molecule has 0 atom stereocenters. The Bertz CT molecular complexity index is 1110. The third kappa shape index (κ3) is 23.2. The van der Waals surface area contributed by atoms with Gasteiger partial charge in [-0.2, -0.15) is 10.2 Å². The van der Waals surface area contributed by atoms with Gasteiger partial charge in [-0.25, -0.2) is 0 Å². The van der Waals surface area contributed by atoms with Crippen molar-refractivity contribution in [3.8, 4) is 11.5 Å². The molecule has 2 aromatic carbocycles. The van der Waals surface area contributed by atoms with Crippen LogP contribution in [0.5, 0.6) is 11.5 Å². The number of hydrogen-bond acceptors (Lipinski definition) is 6. The van der Waals surface area contributed by atoms with Gasteiger partial charge in [0.15, 0.2) is 0 Å². The number of azo groups is 1. The summed E-state index contributed by atoms with van der Waals surface area (Å²) >= 11 is 0. The summed E-state index contributed by atoms with van der Waals surface area (Å²) in [5.74, 6) is 1.73. The van der Waals surface area contributed by atoms with Gasteiger partial charge in [-0.15, -0.1) is 0 Å². The molecule has 0 radical (unpaired) electrons. The lowest BCUT2D eigenvalue weighted by atomic mass is 10.0. The van der Waals surface area contributed by atoms with Gasteiger partial charge in [0.2, 0.25) is 0 Å². The van der Waals surface area contributed by atoms with Crippen molar-refractivity contribution in [3.05, 3.63) is 36.4 Å². The highest BCUT2D eigenvalue weighted by atomic mass is 16.5. The van der Waals surface area contributed by atoms with Gasteiger partial charge in [-0.05, 0) is 37.1 Å². The minimum absolute atomic E-state index is 0.728. The van der Waals surface area contributed by atoms with Crippen LogP contribution in [0.25, 0.3) is 0 Å². The Morgan fingerprint density at radius 3 is 0.889 bits per heavy atom. The highest BCUT2D eigenvalue weighted by Crippen LogP contribution is 2.35. The number of hydrogen-bond donors (Lipinski definition) is 0. The molecule has 0 saturated carbocycles. The topological polar surface area (TPSA) is 49.7 Å². The number of ether oxygens (including phenoxy) is 2. The minimum atomic E-state index is 0.728. The van der Waals surface area contributed by atoms with Crippen LogP contribution in [0.3, 0.4) is 0 Å². The fourth-order valence-corrected chi connectivity index (χ4v) is 7.17. The maximum atomic E-state index is 6.31. The SMILES string of the molecule is CCCCCCCCCCCCCCCCOc1cc(N=Nc2ccc(N(C)C)c(OCCCCCCCCCCCCCCCC)c2)ccc1N(C)C. The Hall–Kier alpha value is -2.76. The van der Waals surface area contributed by atoms with Crippen LogP contribution in [-0.4, -0.2) is 41.4 Å². The van der Waals surface area contributed by atoms with Crippen LogP contribution < -0.4 is 19.3 Å². The summed E-state index contributed by atoms with van der Waals surface area (Å²) in [6.07, 6.45) is 38.0. The largest absolute Gasteiger partial charge is 0.491 e. The molecule has 0 aliphatic heterocycles. The smallest absolute Gasteiger partial charge is 0.144 e. The molecular formula is C48H84N4O2. The molecule has 308 valence electrons. The highest BCUT2D eigenvalue weighted by Gasteiger charge is 2.10. The molecule has 0 fully saturated rings. The second-order valence-electron chi connectivity index (χ2n) is 16.2. The molecule has 2 rings (SSSR count). The van der Waals surface area contributed by atoms with E-state index in [1.807, 2.05) is 24.3 Å². The molecule has 0 spiro atoms. The van der Waals surface area contributed by atoms with E-state index in [2.05, 4.69) is 74.2 Å². The molecule has 0 aromatic heterocycles. The molecule has 54 heavy (non-hydrogen) atoms. The lowest BCUT2D eigenvalue weighted by Gasteiger charge is -2.18. The average molecular weight is 749 g/mol. The highest BCUT2D eigenvalue weighted by molar-refractivity contribution is 5.64. The van der Waals surface area contributed by atoms with Crippen molar-refractivity contribution in [2.75, 3.05) is 51.2 Å². The predicted molar refractivity (Wildman–Crippen MR) is 237 cm³/mol. The summed E-state index contributed by atoms with van der Waals surface area (Å²) in [5.41, 5.74) is 3.71. The first-order valence-electron chi connectivity index (χ1n) is 22.8. The first-order valence-corrected chi connectivity index (χ1v) is 22.8. The van der Waals surface area contributed by atoms with Crippen LogP contribution in [0.15, 0.2) is 46.6 Å². The van der Waals surface area contributed by atoms with Crippen molar-refractivity contribution in [2.24, 2.45) is 10.2 Å². The summed E-state index contributed by atoms with van der Waals surface area (Å²) < 4.78 is 12.6. The molecule has 0 aliphatic rings. The summed E-state index contributed by atoms with van der Waals surface area (Å²) in [5, 5.41) is 9.22. The van der Waals surface area contributed by atoms with Crippen LogP contribution in [0, 0.1) is 0 Å². The van der Waals surface area contributed by atoms with E-state index >= 15 is 0 Å². The van der Waals surface area contributed by atoms with Gasteiger partial charge in [0.1, 0.15) is 11.5 Å². The van der Waals surface area contributed by atoms with E-state index in [1.54, 1.807) is 0 Å². The Kier molecular flexibility index (Phi) is 28.5. The van der Waals surface area contributed by atoms with Crippen LogP contribution in [0.1, 0.15) is 194 Å². The first kappa shape index (κ1) is 47.4. The maximum absolute atomic E-state index is 6.31.